The number of thiazole rings is 1. The number of ether oxygens (including phenoxy) is 1. The first-order valence-corrected chi connectivity index (χ1v) is 5.63. The van der Waals surface area contributed by atoms with Crippen molar-refractivity contribution >= 4 is 17.4 Å². The average Bonchev–Trinajstić information content (AvgIpc) is 2.70. The minimum absolute atomic E-state index is 0.0708. The first-order chi connectivity index (χ1) is 7.90. The number of rotatable bonds is 4. The molecule has 96 valence electrons. The summed E-state index contributed by atoms with van der Waals surface area (Å²) in [7, 11) is 0. The Balaban J connectivity index is 2.28. The summed E-state index contributed by atoms with van der Waals surface area (Å²) in [4.78, 5) is 15.9. The highest BCUT2D eigenvalue weighted by molar-refractivity contribution is 7.11. The van der Waals surface area contributed by atoms with Crippen LogP contribution in [-0.2, 0) is 17.7 Å². The summed E-state index contributed by atoms with van der Waals surface area (Å²) in [6.07, 6.45) is -3.11. The van der Waals surface area contributed by atoms with Gasteiger partial charge in [0.05, 0.1) is 6.54 Å². The third-order valence-corrected chi connectivity index (χ3v) is 2.84. The first-order valence-electron chi connectivity index (χ1n) is 4.81. The summed E-state index contributed by atoms with van der Waals surface area (Å²) in [6.45, 7) is 0.445. The Bertz CT molecular complexity index is 379. The van der Waals surface area contributed by atoms with Crippen LogP contribution in [0, 0.1) is 0 Å². The van der Waals surface area contributed by atoms with Crippen LogP contribution in [0.25, 0.3) is 0 Å². The van der Waals surface area contributed by atoms with Crippen LogP contribution in [0.5, 0.6) is 0 Å². The predicted octanol–water partition coefficient (Wildman–Crippen LogP) is 2.49. The maximum atomic E-state index is 11.7. The fourth-order valence-corrected chi connectivity index (χ4v) is 1.74. The quantitative estimate of drug-likeness (QED) is 0.912. The van der Waals surface area contributed by atoms with Crippen molar-refractivity contribution in [2.45, 2.75) is 26.1 Å². The molecule has 1 N–H and O–H groups in total. The molecule has 1 heterocycles. The van der Waals surface area contributed by atoms with E-state index in [1.165, 1.54) is 11.3 Å². The minimum atomic E-state index is -4.51. The van der Waals surface area contributed by atoms with Gasteiger partial charge < -0.3 is 10.1 Å². The number of carbonyl (C=O) groups is 1. The SMILES string of the molecule is CCc1cnc(CNC(=O)OCC(F)(F)F)s1. The number of aryl methyl sites for hydroxylation is 1. The molecule has 0 unspecified atom stereocenters. The molecule has 1 aromatic rings. The molecule has 17 heavy (non-hydrogen) atoms. The van der Waals surface area contributed by atoms with E-state index >= 15 is 0 Å². The van der Waals surface area contributed by atoms with E-state index < -0.39 is 18.9 Å². The van der Waals surface area contributed by atoms with Gasteiger partial charge >= 0.3 is 12.3 Å². The molecule has 0 aliphatic heterocycles. The molecule has 0 atom stereocenters. The van der Waals surface area contributed by atoms with Crippen molar-refractivity contribution in [3.05, 3.63) is 16.1 Å². The lowest BCUT2D eigenvalue weighted by Crippen LogP contribution is -2.28. The van der Waals surface area contributed by atoms with E-state index in [-0.39, 0.29) is 6.54 Å². The number of alkyl halides is 3. The molecule has 1 aromatic heterocycles. The number of nitrogens with one attached hydrogen (secondary N) is 1. The molecule has 0 aromatic carbocycles. The molecule has 0 bridgehead atoms. The second-order valence-electron chi connectivity index (χ2n) is 3.12. The molecule has 0 fully saturated rings. The number of hydrogen-bond acceptors (Lipinski definition) is 4. The summed E-state index contributed by atoms with van der Waals surface area (Å²) >= 11 is 1.39. The molecule has 0 radical (unpaired) electrons. The number of amides is 1. The van der Waals surface area contributed by atoms with Crippen LogP contribution >= 0.6 is 11.3 Å². The summed E-state index contributed by atoms with van der Waals surface area (Å²) in [5, 5.41) is 2.83. The van der Waals surface area contributed by atoms with E-state index in [9.17, 15) is 18.0 Å². The van der Waals surface area contributed by atoms with Gasteiger partial charge in [0.25, 0.3) is 0 Å². The monoisotopic (exact) mass is 268 g/mol. The summed E-state index contributed by atoms with van der Waals surface area (Å²) in [6, 6.07) is 0. The Hall–Kier alpha value is -1.31. The van der Waals surface area contributed by atoms with Crippen molar-refractivity contribution in [1.29, 1.82) is 0 Å². The molecular weight excluding hydrogens is 257 g/mol. The van der Waals surface area contributed by atoms with Gasteiger partial charge in [0.15, 0.2) is 6.61 Å². The van der Waals surface area contributed by atoms with Gasteiger partial charge in [-0.2, -0.15) is 13.2 Å². The van der Waals surface area contributed by atoms with E-state index in [4.69, 9.17) is 0 Å². The van der Waals surface area contributed by atoms with E-state index in [2.05, 4.69) is 15.0 Å². The van der Waals surface area contributed by atoms with Crippen LogP contribution in [-0.4, -0.2) is 23.9 Å². The van der Waals surface area contributed by atoms with E-state index in [1.54, 1.807) is 6.20 Å². The van der Waals surface area contributed by atoms with Crippen LogP contribution in [0.15, 0.2) is 6.20 Å². The van der Waals surface area contributed by atoms with Crippen molar-refractivity contribution < 1.29 is 22.7 Å². The molecule has 8 heteroatoms. The Morgan fingerprint density at radius 2 is 2.29 bits per heavy atom. The highest BCUT2D eigenvalue weighted by Gasteiger charge is 2.29. The van der Waals surface area contributed by atoms with E-state index in [0.29, 0.717) is 5.01 Å². The number of carbonyl (C=O) groups excluding carboxylic acids is 1. The normalized spacial score (nSPS) is 11.3. The Kier molecular flexibility index (Phi) is 4.73. The fraction of sp³-hybridized carbons (Fsp3) is 0.556. The molecule has 1 rings (SSSR count). The molecule has 0 aliphatic carbocycles. The third kappa shape index (κ3) is 5.53. The van der Waals surface area contributed by atoms with Crippen molar-refractivity contribution in [3.8, 4) is 0 Å². The minimum Gasteiger partial charge on any atom is -0.440 e. The zero-order valence-corrected chi connectivity index (χ0v) is 9.82. The topological polar surface area (TPSA) is 51.2 Å². The predicted molar refractivity (Wildman–Crippen MR) is 55.7 cm³/mol. The van der Waals surface area contributed by atoms with Crippen LogP contribution in [0.2, 0.25) is 0 Å². The van der Waals surface area contributed by atoms with Gasteiger partial charge in [-0.3, -0.25) is 0 Å². The third-order valence-electron chi connectivity index (χ3n) is 1.70. The molecular formula is C9H11F3N2O2S. The van der Waals surface area contributed by atoms with Gasteiger partial charge in [-0.15, -0.1) is 11.3 Å². The van der Waals surface area contributed by atoms with Crippen molar-refractivity contribution in [1.82, 2.24) is 10.3 Å². The van der Waals surface area contributed by atoms with Crippen LogP contribution in [0.4, 0.5) is 18.0 Å². The van der Waals surface area contributed by atoms with Gasteiger partial charge in [0.1, 0.15) is 5.01 Å². The van der Waals surface area contributed by atoms with Crippen LogP contribution in [0.3, 0.4) is 0 Å². The first kappa shape index (κ1) is 13.8. The molecule has 1 amide bonds. The highest BCUT2D eigenvalue weighted by atomic mass is 32.1. The van der Waals surface area contributed by atoms with Gasteiger partial charge in [0.2, 0.25) is 0 Å². The van der Waals surface area contributed by atoms with Crippen LogP contribution < -0.4 is 5.32 Å². The average molecular weight is 268 g/mol. The number of halogens is 3. The molecule has 0 aliphatic rings. The maximum absolute atomic E-state index is 11.7. The van der Waals surface area contributed by atoms with Gasteiger partial charge in [-0.25, -0.2) is 9.78 Å². The molecule has 0 saturated heterocycles. The highest BCUT2D eigenvalue weighted by Crippen LogP contribution is 2.15. The van der Waals surface area contributed by atoms with Crippen molar-refractivity contribution in [2.75, 3.05) is 6.61 Å². The van der Waals surface area contributed by atoms with E-state index in [1.807, 2.05) is 6.92 Å². The maximum Gasteiger partial charge on any atom is 0.422 e. The molecule has 0 saturated carbocycles. The van der Waals surface area contributed by atoms with Gasteiger partial charge in [-0.1, -0.05) is 6.92 Å². The van der Waals surface area contributed by atoms with Crippen LogP contribution in [0.1, 0.15) is 16.8 Å². The summed E-state index contributed by atoms with van der Waals surface area (Å²) in [5.41, 5.74) is 0. The lowest BCUT2D eigenvalue weighted by Gasteiger charge is -2.07. The summed E-state index contributed by atoms with van der Waals surface area (Å²) in [5.74, 6) is 0. The van der Waals surface area contributed by atoms with Gasteiger partial charge in [0, 0.05) is 11.1 Å². The Morgan fingerprint density at radius 1 is 1.59 bits per heavy atom. The lowest BCUT2D eigenvalue weighted by molar-refractivity contribution is -0.160. The smallest absolute Gasteiger partial charge is 0.422 e. The van der Waals surface area contributed by atoms with Crippen molar-refractivity contribution in [2.24, 2.45) is 0 Å². The van der Waals surface area contributed by atoms with E-state index in [0.717, 1.165) is 11.3 Å². The van der Waals surface area contributed by atoms with Gasteiger partial charge in [-0.05, 0) is 6.42 Å². The standard InChI is InChI=1S/C9H11F3N2O2S/c1-2-6-3-13-7(17-6)4-14-8(15)16-5-9(10,11)12/h3H,2,4-5H2,1H3,(H,14,15). The Morgan fingerprint density at radius 3 is 2.82 bits per heavy atom. The number of aromatic nitrogens is 1. The zero-order valence-electron chi connectivity index (χ0n) is 9.00. The molecule has 4 nitrogen and oxygen atoms in total. The largest absolute Gasteiger partial charge is 0.440 e. The number of hydrogen-bond donors (Lipinski definition) is 1. The molecule has 0 spiro atoms. The summed E-state index contributed by atoms with van der Waals surface area (Å²) < 4.78 is 39.1. The fourth-order valence-electron chi connectivity index (χ4n) is 0.939. The zero-order chi connectivity index (χ0) is 12.9. The lowest BCUT2D eigenvalue weighted by atomic mass is 10.4. The second kappa shape index (κ2) is 5.85. The number of nitrogens with zero attached hydrogens (tertiary/aromatic N) is 1. The Labute approximate surface area is 99.8 Å². The second-order valence-corrected chi connectivity index (χ2v) is 4.32. The van der Waals surface area contributed by atoms with Crippen molar-refractivity contribution in [3.63, 3.8) is 0 Å². The number of alkyl carbamates (subject to hydrolysis) is 1.